The molecule has 0 aliphatic carbocycles. The van der Waals surface area contributed by atoms with Gasteiger partial charge in [0.05, 0.1) is 4.90 Å². The highest BCUT2D eigenvalue weighted by molar-refractivity contribution is 7.94. The third-order valence-corrected chi connectivity index (χ3v) is 3.12. The molecule has 0 radical (unpaired) electrons. The second-order valence-electron chi connectivity index (χ2n) is 2.70. The topological polar surface area (TPSA) is 60.4 Å². The number of anilines is 1. The Morgan fingerprint density at radius 1 is 1.36 bits per heavy atom. The van der Waals surface area contributed by atoms with Crippen molar-refractivity contribution in [2.24, 2.45) is 0 Å². The van der Waals surface area contributed by atoms with Crippen molar-refractivity contribution in [3.8, 4) is 0 Å². The maximum atomic E-state index is 11.3. The molecule has 76 valence electrons. The van der Waals surface area contributed by atoms with Gasteiger partial charge in [0.2, 0.25) is 0 Å². The van der Waals surface area contributed by atoms with Crippen LogP contribution in [0, 0.1) is 5.21 Å². The lowest BCUT2D eigenvalue weighted by Crippen LogP contribution is -2.05. The van der Waals surface area contributed by atoms with Crippen LogP contribution in [0.5, 0.6) is 0 Å². The number of nitrogens with zero attached hydrogens (tertiary/aromatic N) is 1. The van der Waals surface area contributed by atoms with Crippen molar-refractivity contribution in [2.45, 2.75) is 4.90 Å². The summed E-state index contributed by atoms with van der Waals surface area (Å²) in [6.45, 7) is 3.21. The van der Waals surface area contributed by atoms with Gasteiger partial charge in [0, 0.05) is 11.1 Å². The normalized spacial score (nSPS) is 11.0. The Labute approximate surface area is 83.0 Å². The molecule has 1 aromatic carbocycles. The van der Waals surface area contributed by atoms with Crippen molar-refractivity contribution in [1.29, 1.82) is 0 Å². The molecular formula is C9H10NO3S-. The molecule has 0 unspecified atom stereocenters. The summed E-state index contributed by atoms with van der Waals surface area (Å²) < 4.78 is 22.5. The fraction of sp³-hybridized carbons (Fsp3) is 0.111. The molecule has 0 aliphatic heterocycles. The van der Waals surface area contributed by atoms with E-state index in [0.29, 0.717) is 10.8 Å². The Kier molecular flexibility index (Phi) is 2.93. The molecule has 0 aromatic heterocycles. The van der Waals surface area contributed by atoms with Crippen LogP contribution in [-0.2, 0) is 9.84 Å². The van der Waals surface area contributed by atoms with Crippen LogP contribution < -0.4 is 5.06 Å². The molecule has 1 rings (SSSR count). The lowest BCUT2D eigenvalue weighted by Gasteiger charge is -2.24. The molecule has 14 heavy (non-hydrogen) atoms. The molecular weight excluding hydrogens is 202 g/mol. The van der Waals surface area contributed by atoms with Gasteiger partial charge in [-0.2, -0.15) is 0 Å². The fourth-order valence-corrected chi connectivity index (χ4v) is 1.65. The molecule has 4 nitrogen and oxygen atoms in total. The van der Waals surface area contributed by atoms with E-state index < -0.39 is 9.84 Å². The molecule has 0 spiro atoms. The quantitative estimate of drug-likeness (QED) is 0.713. The van der Waals surface area contributed by atoms with Gasteiger partial charge in [-0.05, 0) is 31.3 Å². The molecule has 0 amide bonds. The van der Waals surface area contributed by atoms with Gasteiger partial charge in [-0.1, -0.05) is 6.58 Å². The van der Waals surface area contributed by atoms with Crippen molar-refractivity contribution >= 4 is 15.5 Å². The summed E-state index contributed by atoms with van der Waals surface area (Å²) in [5.74, 6) is 0. The first-order chi connectivity index (χ1) is 6.47. The van der Waals surface area contributed by atoms with E-state index in [2.05, 4.69) is 6.58 Å². The highest BCUT2D eigenvalue weighted by atomic mass is 32.2. The molecule has 0 heterocycles. The van der Waals surface area contributed by atoms with Gasteiger partial charge in [-0.3, -0.25) is 0 Å². The highest BCUT2D eigenvalue weighted by Gasteiger charge is 2.08. The van der Waals surface area contributed by atoms with Gasteiger partial charge in [0.25, 0.3) is 0 Å². The Morgan fingerprint density at radius 2 is 1.86 bits per heavy atom. The minimum Gasteiger partial charge on any atom is -0.758 e. The van der Waals surface area contributed by atoms with Crippen molar-refractivity contribution in [3.05, 3.63) is 41.5 Å². The first kappa shape index (κ1) is 10.7. The van der Waals surface area contributed by atoms with Gasteiger partial charge < -0.3 is 10.3 Å². The summed E-state index contributed by atoms with van der Waals surface area (Å²) in [6.07, 6.45) is 0. The Bertz CT molecular complexity index is 420. The van der Waals surface area contributed by atoms with Crippen LogP contribution in [0.3, 0.4) is 0 Å². The summed E-state index contributed by atoms with van der Waals surface area (Å²) >= 11 is 0. The molecule has 0 N–H and O–H groups in total. The smallest absolute Gasteiger partial charge is 0.199 e. The van der Waals surface area contributed by atoms with Crippen molar-refractivity contribution in [1.82, 2.24) is 0 Å². The zero-order chi connectivity index (χ0) is 10.8. The van der Waals surface area contributed by atoms with E-state index in [4.69, 9.17) is 0 Å². The van der Waals surface area contributed by atoms with E-state index in [-0.39, 0.29) is 4.90 Å². The minimum absolute atomic E-state index is 0.137. The summed E-state index contributed by atoms with van der Waals surface area (Å²) in [5, 5.41) is 12.4. The van der Waals surface area contributed by atoms with Crippen LogP contribution >= 0.6 is 0 Å². The molecule has 1 aromatic rings. The third-order valence-electron chi connectivity index (χ3n) is 1.75. The maximum absolute atomic E-state index is 11.3. The Balaban J connectivity index is 3.12. The Hall–Kier alpha value is -1.33. The van der Waals surface area contributed by atoms with Gasteiger partial charge in [0.15, 0.2) is 9.84 Å². The van der Waals surface area contributed by atoms with Gasteiger partial charge >= 0.3 is 0 Å². The van der Waals surface area contributed by atoms with E-state index >= 15 is 0 Å². The van der Waals surface area contributed by atoms with Gasteiger partial charge in [-0.25, -0.2) is 8.42 Å². The summed E-state index contributed by atoms with van der Waals surface area (Å²) in [6, 6.07) is 5.65. The summed E-state index contributed by atoms with van der Waals surface area (Å²) in [5.41, 5.74) is 0.410. The van der Waals surface area contributed by atoms with E-state index in [0.717, 1.165) is 5.41 Å². The van der Waals surface area contributed by atoms with E-state index in [9.17, 15) is 13.6 Å². The van der Waals surface area contributed by atoms with Crippen molar-refractivity contribution in [3.63, 3.8) is 0 Å². The minimum atomic E-state index is -3.40. The average molecular weight is 212 g/mol. The first-order valence-electron chi connectivity index (χ1n) is 3.86. The van der Waals surface area contributed by atoms with Crippen molar-refractivity contribution in [2.75, 3.05) is 12.1 Å². The monoisotopic (exact) mass is 212 g/mol. The lowest BCUT2D eigenvalue weighted by molar-refractivity contribution is 0.604. The third kappa shape index (κ3) is 2.12. The van der Waals surface area contributed by atoms with Crippen LogP contribution in [0.15, 0.2) is 41.1 Å². The number of benzene rings is 1. The standard InChI is InChI=1S/C9H10NO3S/c1-3-14(12,13)9-6-4-8(5-7-9)10(2)11/h3-7H,1H2,2H3/q-1. The number of hydrogen-bond donors (Lipinski definition) is 0. The van der Waals surface area contributed by atoms with Crippen LogP contribution in [0.25, 0.3) is 0 Å². The average Bonchev–Trinajstić information content (AvgIpc) is 2.18. The number of hydroxylamine groups is 1. The molecule has 0 saturated heterocycles. The zero-order valence-electron chi connectivity index (χ0n) is 7.67. The van der Waals surface area contributed by atoms with E-state index in [1.165, 1.54) is 31.3 Å². The summed E-state index contributed by atoms with van der Waals surface area (Å²) in [7, 11) is -2.05. The largest absolute Gasteiger partial charge is 0.758 e. The van der Waals surface area contributed by atoms with E-state index in [1.54, 1.807) is 0 Å². The highest BCUT2D eigenvalue weighted by Crippen LogP contribution is 2.17. The van der Waals surface area contributed by atoms with Crippen molar-refractivity contribution < 1.29 is 8.42 Å². The number of hydrogen-bond acceptors (Lipinski definition) is 4. The first-order valence-corrected chi connectivity index (χ1v) is 5.40. The van der Waals surface area contributed by atoms with E-state index in [1.807, 2.05) is 0 Å². The Morgan fingerprint density at radius 3 is 2.21 bits per heavy atom. The molecule has 0 atom stereocenters. The summed E-state index contributed by atoms with van der Waals surface area (Å²) in [4.78, 5) is 0.137. The van der Waals surface area contributed by atoms with Crippen LogP contribution in [0.1, 0.15) is 0 Å². The number of sulfone groups is 1. The molecule has 0 fully saturated rings. The maximum Gasteiger partial charge on any atom is 0.199 e. The second kappa shape index (κ2) is 3.81. The van der Waals surface area contributed by atoms with Crippen LogP contribution in [0.2, 0.25) is 0 Å². The number of rotatable bonds is 3. The van der Waals surface area contributed by atoms with Gasteiger partial charge in [-0.15, -0.1) is 0 Å². The van der Waals surface area contributed by atoms with Crippen LogP contribution in [0.4, 0.5) is 5.69 Å². The molecule has 0 saturated carbocycles. The molecule has 5 heteroatoms. The van der Waals surface area contributed by atoms with Gasteiger partial charge in [0.1, 0.15) is 0 Å². The zero-order valence-corrected chi connectivity index (χ0v) is 8.49. The predicted octanol–water partition coefficient (Wildman–Crippen LogP) is 1.54. The van der Waals surface area contributed by atoms with Crippen LogP contribution in [-0.4, -0.2) is 15.5 Å². The second-order valence-corrected chi connectivity index (χ2v) is 4.60. The SMILES string of the molecule is C=CS(=O)(=O)c1ccc(N(C)[O-])cc1. The molecule has 0 bridgehead atoms. The lowest BCUT2D eigenvalue weighted by atomic mass is 10.3. The molecule has 0 aliphatic rings. The predicted molar refractivity (Wildman–Crippen MR) is 55.6 cm³/mol. The fourth-order valence-electron chi connectivity index (χ4n) is 0.942.